The van der Waals surface area contributed by atoms with Crippen LogP contribution in [0.4, 0.5) is 5.69 Å². The van der Waals surface area contributed by atoms with Gasteiger partial charge >= 0.3 is 0 Å². The molecule has 2 rings (SSSR count). The summed E-state index contributed by atoms with van der Waals surface area (Å²) in [7, 11) is 0. The quantitative estimate of drug-likeness (QED) is 0.828. The highest BCUT2D eigenvalue weighted by Crippen LogP contribution is 2.37. The molecular weight excluding hydrogens is 273 g/mol. The summed E-state index contributed by atoms with van der Waals surface area (Å²) in [6, 6.07) is 6.00. The molecule has 17 heavy (non-hydrogen) atoms. The Kier molecular flexibility index (Phi) is 4.17. The number of anilines is 1. The molecule has 1 N–H and O–H groups in total. The lowest BCUT2D eigenvalue weighted by atomic mass is 9.82. The normalized spacial score (nSPS) is 23.4. The number of benzene rings is 1. The Morgan fingerprint density at radius 2 is 2.12 bits per heavy atom. The number of rotatable bonds is 2. The molecule has 1 fully saturated rings. The van der Waals surface area contributed by atoms with Crippen molar-refractivity contribution in [1.29, 1.82) is 0 Å². The summed E-state index contributed by atoms with van der Waals surface area (Å²) in [6.45, 7) is 4.62. The Morgan fingerprint density at radius 1 is 1.35 bits per heavy atom. The summed E-state index contributed by atoms with van der Waals surface area (Å²) < 4.78 is 0. The van der Waals surface area contributed by atoms with Crippen LogP contribution in [0.2, 0.25) is 10.0 Å². The second kappa shape index (κ2) is 5.29. The topological polar surface area (TPSA) is 12.0 Å². The van der Waals surface area contributed by atoms with Crippen molar-refractivity contribution in [2.24, 2.45) is 5.41 Å². The third-order valence-electron chi connectivity index (χ3n) is 3.38. The third-order valence-corrected chi connectivity index (χ3v) is 5.00. The van der Waals surface area contributed by atoms with E-state index in [4.69, 9.17) is 23.2 Å². The lowest BCUT2D eigenvalue weighted by molar-refractivity contribution is 0.305. The molecule has 1 aromatic carbocycles. The average molecular weight is 290 g/mol. The lowest BCUT2D eigenvalue weighted by Gasteiger charge is -2.39. The maximum absolute atomic E-state index is 6.18. The van der Waals surface area contributed by atoms with E-state index in [1.807, 2.05) is 30.0 Å². The molecule has 1 aliphatic heterocycles. The standard InChI is InChI=1S/C13H17Cl2NS/c1-13(2)5-6-17-8-12(13)16-11-7-9(14)3-4-10(11)15/h3-4,7,12,16H,5-6,8H2,1-2H3. The fourth-order valence-electron chi connectivity index (χ4n) is 1.97. The Morgan fingerprint density at radius 3 is 2.82 bits per heavy atom. The van der Waals surface area contributed by atoms with E-state index >= 15 is 0 Å². The molecule has 1 atom stereocenters. The fraction of sp³-hybridized carbons (Fsp3) is 0.538. The van der Waals surface area contributed by atoms with Crippen LogP contribution in [-0.4, -0.2) is 17.5 Å². The summed E-state index contributed by atoms with van der Waals surface area (Å²) in [6.07, 6.45) is 1.23. The molecule has 1 aliphatic rings. The maximum Gasteiger partial charge on any atom is 0.0638 e. The summed E-state index contributed by atoms with van der Waals surface area (Å²) in [5.74, 6) is 2.37. The molecule has 1 saturated heterocycles. The van der Waals surface area contributed by atoms with E-state index in [-0.39, 0.29) is 0 Å². The summed E-state index contributed by atoms with van der Waals surface area (Å²) >= 11 is 14.2. The molecule has 1 unspecified atom stereocenters. The third kappa shape index (κ3) is 3.24. The van der Waals surface area contributed by atoms with E-state index < -0.39 is 0 Å². The highest BCUT2D eigenvalue weighted by Gasteiger charge is 2.32. The van der Waals surface area contributed by atoms with Gasteiger partial charge in [-0.15, -0.1) is 0 Å². The van der Waals surface area contributed by atoms with Gasteiger partial charge in [0.05, 0.1) is 10.7 Å². The molecule has 0 aliphatic carbocycles. The highest BCUT2D eigenvalue weighted by atomic mass is 35.5. The molecule has 94 valence electrons. The first-order valence-electron chi connectivity index (χ1n) is 5.78. The molecule has 0 saturated carbocycles. The number of hydrogen-bond donors (Lipinski definition) is 1. The maximum atomic E-state index is 6.18. The molecule has 0 amide bonds. The van der Waals surface area contributed by atoms with Crippen molar-refractivity contribution in [1.82, 2.24) is 0 Å². The van der Waals surface area contributed by atoms with Crippen molar-refractivity contribution in [2.75, 3.05) is 16.8 Å². The number of nitrogens with one attached hydrogen (secondary N) is 1. The molecule has 1 nitrogen and oxygen atoms in total. The van der Waals surface area contributed by atoms with Crippen LogP contribution < -0.4 is 5.32 Å². The Hall–Kier alpha value is -0.0500. The van der Waals surface area contributed by atoms with Gasteiger partial charge in [0, 0.05) is 16.8 Å². The first-order valence-corrected chi connectivity index (χ1v) is 7.69. The summed E-state index contributed by atoms with van der Waals surface area (Å²) in [5, 5.41) is 5.00. The summed E-state index contributed by atoms with van der Waals surface area (Å²) in [5.41, 5.74) is 1.25. The minimum Gasteiger partial charge on any atom is -0.380 e. The van der Waals surface area contributed by atoms with E-state index in [2.05, 4.69) is 19.2 Å². The van der Waals surface area contributed by atoms with Crippen LogP contribution >= 0.6 is 35.0 Å². The monoisotopic (exact) mass is 289 g/mol. The van der Waals surface area contributed by atoms with Crippen LogP contribution in [-0.2, 0) is 0 Å². The molecule has 0 aromatic heterocycles. The Bertz CT molecular complexity index is 406. The molecule has 0 spiro atoms. The molecule has 0 bridgehead atoms. The van der Waals surface area contributed by atoms with Gasteiger partial charge in [-0.3, -0.25) is 0 Å². The van der Waals surface area contributed by atoms with Crippen molar-refractivity contribution in [3.8, 4) is 0 Å². The van der Waals surface area contributed by atoms with E-state index in [9.17, 15) is 0 Å². The van der Waals surface area contributed by atoms with Crippen LogP contribution in [0.1, 0.15) is 20.3 Å². The van der Waals surface area contributed by atoms with Crippen molar-refractivity contribution in [3.05, 3.63) is 28.2 Å². The van der Waals surface area contributed by atoms with Gasteiger partial charge in [-0.25, -0.2) is 0 Å². The van der Waals surface area contributed by atoms with Crippen molar-refractivity contribution < 1.29 is 0 Å². The van der Waals surface area contributed by atoms with E-state index in [1.54, 1.807) is 0 Å². The van der Waals surface area contributed by atoms with Crippen LogP contribution in [0, 0.1) is 5.41 Å². The van der Waals surface area contributed by atoms with Crippen molar-refractivity contribution in [3.63, 3.8) is 0 Å². The minimum atomic E-state index is 0.302. The second-order valence-corrected chi connectivity index (χ2v) is 7.13. The fourth-order valence-corrected chi connectivity index (χ4v) is 3.92. The van der Waals surface area contributed by atoms with E-state index in [1.165, 1.54) is 12.2 Å². The zero-order valence-corrected chi connectivity index (χ0v) is 12.4. The SMILES string of the molecule is CC1(C)CCSCC1Nc1cc(Cl)ccc1Cl. The van der Waals surface area contributed by atoms with Gasteiger partial charge in [-0.1, -0.05) is 37.0 Å². The predicted molar refractivity (Wildman–Crippen MR) is 79.6 cm³/mol. The van der Waals surface area contributed by atoms with Crippen molar-refractivity contribution in [2.45, 2.75) is 26.3 Å². The largest absolute Gasteiger partial charge is 0.380 e. The van der Waals surface area contributed by atoms with E-state index in [0.717, 1.165) is 21.5 Å². The number of hydrogen-bond acceptors (Lipinski definition) is 2. The molecule has 4 heteroatoms. The predicted octanol–water partition coefficient (Wildman–Crippen LogP) is 4.94. The average Bonchev–Trinajstić information content (AvgIpc) is 2.26. The van der Waals surface area contributed by atoms with Gasteiger partial charge in [0.15, 0.2) is 0 Å². The van der Waals surface area contributed by atoms with Gasteiger partial charge in [-0.2, -0.15) is 11.8 Å². The zero-order valence-electron chi connectivity index (χ0n) is 10.1. The molecule has 1 heterocycles. The van der Waals surface area contributed by atoms with Gasteiger partial charge in [0.1, 0.15) is 0 Å². The van der Waals surface area contributed by atoms with Gasteiger partial charge < -0.3 is 5.32 Å². The van der Waals surface area contributed by atoms with Crippen LogP contribution in [0.15, 0.2) is 18.2 Å². The minimum absolute atomic E-state index is 0.302. The molecule has 1 aromatic rings. The highest BCUT2D eigenvalue weighted by molar-refractivity contribution is 7.99. The van der Waals surface area contributed by atoms with Gasteiger partial charge in [-0.05, 0) is 35.8 Å². The smallest absolute Gasteiger partial charge is 0.0638 e. The van der Waals surface area contributed by atoms with Crippen LogP contribution in [0.25, 0.3) is 0 Å². The van der Waals surface area contributed by atoms with Gasteiger partial charge in [0.25, 0.3) is 0 Å². The zero-order chi connectivity index (χ0) is 12.5. The van der Waals surface area contributed by atoms with Crippen LogP contribution in [0.3, 0.4) is 0 Å². The first-order chi connectivity index (χ1) is 7.99. The lowest BCUT2D eigenvalue weighted by Crippen LogP contribution is -2.41. The van der Waals surface area contributed by atoms with Crippen molar-refractivity contribution >= 4 is 40.7 Å². The first kappa shape index (κ1) is 13.4. The Balaban J connectivity index is 2.16. The molecular formula is C13H17Cl2NS. The number of halogens is 2. The van der Waals surface area contributed by atoms with Crippen LogP contribution in [0.5, 0.6) is 0 Å². The Labute approximate surface area is 117 Å². The number of thioether (sulfide) groups is 1. The van der Waals surface area contributed by atoms with Gasteiger partial charge in [0.2, 0.25) is 0 Å². The van der Waals surface area contributed by atoms with E-state index in [0.29, 0.717) is 11.5 Å². The second-order valence-electron chi connectivity index (χ2n) is 5.13. The molecule has 0 radical (unpaired) electrons. The summed E-state index contributed by atoms with van der Waals surface area (Å²) in [4.78, 5) is 0.